The number of allylic oxidation sites excluding steroid dienone is 2. The van der Waals surface area contributed by atoms with Crippen molar-refractivity contribution in [2.45, 2.75) is 174 Å². The third kappa shape index (κ3) is 31.3. The van der Waals surface area contributed by atoms with Gasteiger partial charge in [0.05, 0.1) is 13.2 Å². The van der Waals surface area contributed by atoms with Gasteiger partial charge in [0.1, 0.15) is 12.6 Å². The molecular weight excluding hydrogens is 625 g/mol. The van der Waals surface area contributed by atoms with E-state index in [1.807, 2.05) is 0 Å². The van der Waals surface area contributed by atoms with Crippen LogP contribution in [0.15, 0.2) is 12.2 Å². The summed E-state index contributed by atoms with van der Waals surface area (Å²) in [5.41, 5.74) is 5.30. The highest BCUT2D eigenvalue weighted by Crippen LogP contribution is 2.43. The molecule has 3 atom stereocenters. The molecule has 0 aliphatic rings. The van der Waals surface area contributed by atoms with E-state index in [0.29, 0.717) is 12.8 Å². The summed E-state index contributed by atoms with van der Waals surface area (Å²) < 4.78 is 32.5. The lowest BCUT2D eigenvalue weighted by molar-refractivity contribution is -0.161. The predicted octanol–water partition coefficient (Wildman–Crippen LogP) is 8.56. The van der Waals surface area contributed by atoms with Crippen molar-refractivity contribution < 1.29 is 47.5 Å². The molecule has 0 aromatic rings. The number of hydrogen-bond donors (Lipinski definition) is 3. The molecule has 0 aliphatic heterocycles. The number of nitrogens with two attached hydrogens (primary N) is 1. The number of carboxylic acid groups (broad SMARTS) is 1. The van der Waals surface area contributed by atoms with Crippen molar-refractivity contribution in [2.75, 3.05) is 19.8 Å². The number of rotatable bonds is 34. The lowest BCUT2D eigenvalue weighted by Gasteiger charge is -2.20. The molecule has 0 aromatic heterocycles. The minimum absolute atomic E-state index is 0.154. The first-order valence-electron chi connectivity index (χ1n) is 18.2. The van der Waals surface area contributed by atoms with Crippen molar-refractivity contribution in [3.8, 4) is 0 Å². The molecule has 0 fully saturated rings. The molecule has 0 aliphatic carbocycles. The Balaban J connectivity index is 4.48. The van der Waals surface area contributed by atoms with Gasteiger partial charge in [-0.3, -0.25) is 23.4 Å². The van der Waals surface area contributed by atoms with Crippen LogP contribution in [-0.2, 0) is 37.5 Å². The van der Waals surface area contributed by atoms with E-state index in [4.69, 9.17) is 24.8 Å². The monoisotopic (exact) mass is 691 g/mol. The smallest absolute Gasteiger partial charge is 0.472 e. The van der Waals surface area contributed by atoms with E-state index in [2.05, 4.69) is 30.5 Å². The van der Waals surface area contributed by atoms with Gasteiger partial charge < -0.3 is 25.2 Å². The van der Waals surface area contributed by atoms with Crippen LogP contribution in [0.5, 0.6) is 0 Å². The second kappa shape index (κ2) is 31.5. The first kappa shape index (κ1) is 45.2. The van der Waals surface area contributed by atoms with E-state index >= 15 is 0 Å². The molecular formula is C35H66NO10P. The molecule has 0 saturated carbocycles. The summed E-state index contributed by atoms with van der Waals surface area (Å²) in [6.45, 7) is 2.74. The van der Waals surface area contributed by atoms with Crippen molar-refractivity contribution in [2.24, 2.45) is 5.73 Å². The van der Waals surface area contributed by atoms with Gasteiger partial charge in [0.15, 0.2) is 6.10 Å². The molecule has 3 unspecified atom stereocenters. The summed E-state index contributed by atoms with van der Waals surface area (Å²) in [5.74, 6) is -2.39. The molecule has 0 saturated heterocycles. The van der Waals surface area contributed by atoms with Crippen molar-refractivity contribution in [3.05, 3.63) is 12.2 Å². The summed E-state index contributed by atoms with van der Waals surface area (Å²) in [5, 5.41) is 8.84. The number of ether oxygens (including phenoxy) is 2. The number of aliphatic carboxylic acids is 1. The number of phosphoric acid groups is 1. The number of esters is 2. The van der Waals surface area contributed by atoms with Crippen LogP contribution < -0.4 is 5.73 Å². The highest BCUT2D eigenvalue weighted by molar-refractivity contribution is 7.47. The fourth-order valence-electron chi connectivity index (χ4n) is 4.82. The van der Waals surface area contributed by atoms with Crippen molar-refractivity contribution in [1.82, 2.24) is 0 Å². The summed E-state index contributed by atoms with van der Waals surface area (Å²) in [6, 6.07) is -1.52. The lowest BCUT2D eigenvalue weighted by atomic mass is 10.1. The van der Waals surface area contributed by atoms with Gasteiger partial charge in [-0.25, -0.2) is 4.57 Å². The summed E-state index contributed by atoms with van der Waals surface area (Å²) >= 11 is 0. The molecule has 0 aromatic carbocycles. The highest BCUT2D eigenvalue weighted by atomic mass is 31.2. The summed E-state index contributed by atoms with van der Waals surface area (Å²) in [4.78, 5) is 45.6. The molecule has 11 nitrogen and oxygen atoms in total. The largest absolute Gasteiger partial charge is 0.480 e. The first-order chi connectivity index (χ1) is 22.6. The normalized spacial score (nSPS) is 14.1. The first-order valence-corrected chi connectivity index (χ1v) is 19.7. The van der Waals surface area contributed by atoms with Crippen molar-refractivity contribution in [1.29, 1.82) is 0 Å². The number of carbonyl (C=O) groups excluding carboxylic acids is 2. The Bertz CT molecular complexity index is 869. The van der Waals surface area contributed by atoms with E-state index in [0.717, 1.165) is 57.8 Å². The van der Waals surface area contributed by atoms with Gasteiger partial charge in [-0.05, 0) is 38.5 Å². The Kier molecular flexibility index (Phi) is 30.3. The average molecular weight is 692 g/mol. The van der Waals surface area contributed by atoms with E-state index < -0.39 is 51.1 Å². The summed E-state index contributed by atoms with van der Waals surface area (Å²) in [6.07, 6.45) is 27.1. The lowest BCUT2D eigenvalue weighted by Crippen LogP contribution is -2.34. The van der Waals surface area contributed by atoms with Crippen LogP contribution in [-0.4, -0.2) is 59.9 Å². The molecule has 47 heavy (non-hydrogen) atoms. The van der Waals surface area contributed by atoms with Crippen LogP contribution >= 0.6 is 7.82 Å². The number of carboxylic acids is 1. The summed E-state index contributed by atoms with van der Waals surface area (Å²) in [7, 11) is -4.70. The molecule has 0 bridgehead atoms. The Morgan fingerprint density at radius 1 is 0.638 bits per heavy atom. The molecule has 0 rings (SSSR count). The van der Waals surface area contributed by atoms with Gasteiger partial charge in [0.25, 0.3) is 0 Å². The Morgan fingerprint density at radius 2 is 1.06 bits per heavy atom. The van der Waals surface area contributed by atoms with Crippen molar-refractivity contribution >= 4 is 25.7 Å². The molecule has 4 N–H and O–H groups in total. The maximum absolute atomic E-state index is 12.5. The number of hydrogen-bond acceptors (Lipinski definition) is 9. The fourth-order valence-corrected chi connectivity index (χ4v) is 5.60. The minimum Gasteiger partial charge on any atom is -0.480 e. The molecule has 0 spiro atoms. The topological polar surface area (TPSA) is 172 Å². The van der Waals surface area contributed by atoms with Crippen LogP contribution in [0.25, 0.3) is 0 Å². The Hall–Kier alpha value is -1.78. The van der Waals surface area contributed by atoms with Crippen LogP contribution in [0.4, 0.5) is 0 Å². The van der Waals surface area contributed by atoms with Crippen molar-refractivity contribution in [3.63, 3.8) is 0 Å². The van der Waals surface area contributed by atoms with Gasteiger partial charge in [0.2, 0.25) is 0 Å². The standard InChI is InChI=1S/C35H66NO10P/c1-3-5-7-9-11-13-15-17-19-21-23-25-27-34(38)46-31(29-44-47(41,42)45-30-32(36)35(39)40)28-43-33(37)26-24-22-20-18-16-14-12-10-8-6-4-2/h11,13,31-32H,3-10,12,14-30,36H2,1-2H3,(H,39,40)(H,41,42)/b13-11-. The van der Waals surface area contributed by atoms with Gasteiger partial charge >= 0.3 is 25.7 Å². The van der Waals surface area contributed by atoms with Crippen LogP contribution in [0.2, 0.25) is 0 Å². The zero-order valence-electron chi connectivity index (χ0n) is 29.4. The second-order valence-corrected chi connectivity index (χ2v) is 13.8. The third-order valence-corrected chi connectivity index (χ3v) is 8.71. The fraction of sp³-hybridized carbons (Fsp3) is 0.857. The van der Waals surface area contributed by atoms with E-state index in [1.54, 1.807) is 0 Å². The average Bonchev–Trinajstić information content (AvgIpc) is 3.04. The second-order valence-electron chi connectivity index (χ2n) is 12.4. The number of carbonyl (C=O) groups is 3. The van der Waals surface area contributed by atoms with Crippen LogP contribution in [0.3, 0.4) is 0 Å². The van der Waals surface area contributed by atoms with Gasteiger partial charge in [-0.1, -0.05) is 122 Å². The zero-order valence-corrected chi connectivity index (χ0v) is 30.3. The van der Waals surface area contributed by atoms with Crippen LogP contribution in [0.1, 0.15) is 162 Å². The number of unbranched alkanes of at least 4 members (excludes halogenated alkanes) is 18. The van der Waals surface area contributed by atoms with E-state index in [1.165, 1.54) is 64.2 Å². The van der Waals surface area contributed by atoms with Gasteiger partial charge in [-0.2, -0.15) is 0 Å². The third-order valence-electron chi connectivity index (χ3n) is 7.76. The van der Waals surface area contributed by atoms with Gasteiger partial charge in [-0.15, -0.1) is 0 Å². The SMILES string of the molecule is CCCCC/C=C\CCCCCCCC(=O)OC(COC(=O)CCCCCCCCCCCCC)COP(=O)(O)OCC(N)C(=O)O. The number of phosphoric ester groups is 1. The molecule has 276 valence electrons. The molecule has 0 radical (unpaired) electrons. The maximum atomic E-state index is 12.5. The van der Waals surface area contributed by atoms with E-state index in [9.17, 15) is 23.8 Å². The zero-order chi connectivity index (χ0) is 35.0. The van der Waals surface area contributed by atoms with Crippen LogP contribution in [0, 0.1) is 0 Å². The molecule has 0 amide bonds. The van der Waals surface area contributed by atoms with Gasteiger partial charge in [0, 0.05) is 12.8 Å². The quantitative estimate of drug-likeness (QED) is 0.0255. The minimum atomic E-state index is -4.70. The van der Waals surface area contributed by atoms with E-state index in [-0.39, 0.29) is 19.4 Å². The molecule has 0 heterocycles. The predicted molar refractivity (Wildman–Crippen MR) is 185 cm³/mol. The maximum Gasteiger partial charge on any atom is 0.472 e. The Labute approximate surface area is 284 Å². The molecule has 12 heteroatoms. The highest BCUT2D eigenvalue weighted by Gasteiger charge is 2.28. The Morgan fingerprint density at radius 3 is 1.60 bits per heavy atom.